The van der Waals surface area contributed by atoms with Crippen LogP contribution in [0.2, 0.25) is 0 Å². The van der Waals surface area contributed by atoms with Crippen molar-refractivity contribution in [1.82, 2.24) is 20.4 Å². The van der Waals surface area contributed by atoms with Gasteiger partial charge in [0.1, 0.15) is 0 Å². The van der Waals surface area contributed by atoms with E-state index in [4.69, 9.17) is 0 Å². The molecule has 214 valence electrons. The molecule has 4 amide bonds. The molecule has 8 nitrogen and oxygen atoms in total. The molecule has 0 bridgehead atoms. The number of amides is 4. The van der Waals surface area contributed by atoms with Gasteiger partial charge in [0.15, 0.2) is 0 Å². The lowest BCUT2D eigenvalue weighted by Crippen LogP contribution is -2.52. The number of hydrogen-bond donors (Lipinski definition) is 3. The summed E-state index contributed by atoms with van der Waals surface area (Å²) in [5.74, 6) is 0.989. The van der Waals surface area contributed by atoms with Crippen LogP contribution in [0.25, 0.3) is 0 Å². The van der Waals surface area contributed by atoms with Crippen LogP contribution in [0.3, 0.4) is 0 Å². The van der Waals surface area contributed by atoms with Gasteiger partial charge < -0.3 is 25.8 Å². The quantitative estimate of drug-likeness (QED) is 0.444. The first-order valence-electron chi connectivity index (χ1n) is 15.4. The molecule has 5 aliphatic rings. The smallest absolute Gasteiger partial charge is 0.315 e. The normalized spacial score (nSPS) is 30.9. The standard InChI is InChI=1S/C32H43N5O3/c38-28-16-8-19-36(28)20-9-18-33-32(40)35-27-15-7-5-13-24(27)31(39)37-21-17-25-29(22-10-2-1-3-11-22)34-26-14-6-4-12-23(26)30(25)37/h1-4,6,10,12,14,22,24-25,27,29-30,34H,5,7-9,11,13,15-21H2,(H2,33,35,40)/t22?,24-,25+,27+,29-,30-/m0/s1. The maximum absolute atomic E-state index is 14.2. The molecule has 3 aliphatic heterocycles. The van der Waals surface area contributed by atoms with Crippen molar-refractivity contribution >= 4 is 23.5 Å². The molecule has 2 saturated heterocycles. The number of fused-ring (bicyclic) bond motifs is 3. The van der Waals surface area contributed by atoms with Crippen LogP contribution >= 0.6 is 0 Å². The lowest BCUT2D eigenvalue weighted by atomic mass is 9.75. The Bertz CT molecular complexity index is 1160. The van der Waals surface area contributed by atoms with Crippen LogP contribution in [0.4, 0.5) is 10.5 Å². The molecule has 1 unspecified atom stereocenters. The Morgan fingerprint density at radius 2 is 1.90 bits per heavy atom. The minimum atomic E-state index is -0.207. The van der Waals surface area contributed by atoms with Crippen molar-refractivity contribution in [3.63, 3.8) is 0 Å². The molecule has 0 spiro atoms. The third-order valence-corrected chi connectivity index (χ3v) is 9.73. The number of anilines is 1. The van der Waals surface area contributed by atoms with Gasteiger partial charge in [-0.3, -0.25) is 9.59 Å². The monoisotopic (exact) mass is 545 g/mol. The molecule has 0 aromatic heterocycles. The van der Waals surface area contributed by atoms with Crippen molar-refractivity contribution < 1.29 is 14.4 Å². The second kappa shape index (κ2) is 12.1. The second-order valence-electron chi connectivity index (χ2n) is 12.1. The summed E-state index contributed by atoms with van der Waals surface area (Å²) in [6.07, 6.45) is 16.8. The van der Waals surface area contributed by atoms with Crippen molar-refractivity contribution in [2.24, 2.45) is 17.8 Å². The highest BCUT2D eigenvalue weighted by atomic mass is 16.2. The first-order chi connectivity index (χ1) is 19.6. The predicted octanol–water partition coefficient (Wildman–Crippen LogP) is 4.37. The van der Waals surface area contributed by atoms with Crippen LogP contribution in [0.15, 0.2) is 48.6 Å². The molecule has 1 aromatic carbocycles. The molecular weight excluding hydrogens is 502 g/mol. The zero-order chi connectivity index (χ0) is 27.5. The summed E-state index contributed by atoms with van der Waals surface area (Å²) in [6.45, 7) is 2.79. The van der Waals surface area contributed by atoms with Crippen molar-refractivity contribution in [2.45, 2.75) is 75.9 Å². The van der Waals surface area contributed by atoms with E-state index in [0.717, 1.165) is 70.1 Å². The van der Waals surface area contributed by atoms with E-state index < -0.39 is 0 Å². The maximum atomic E-state index is 14.2. The van der Waals surface area contributed by atoms with Gasteiger partial charge in [0, 0.05) is 62.2 Å². The molecule has 8 heteroatoms. The van der Waals surface area contributed by atoms with E-state index in [9.17, 15) is 14.4 Å². The van der Waals surface area contributed by atoms with Gasteiger partial charge in [-0.1, -0.05) is 55.3 Å². The number of benzene rings is 1. The number of carbonyl (C=O) groups excluding carboxylic acids is 3. The van der Waals surface area contributed by atoms with E-state index in [-0.39, 0.29) is 35.8 Å². The summed E-state index contributed by atoms with van der Waals surface area (Å²) in [6, 6.07) is 8.48. The summed E-state index contributed by atoms with van der Waals surface area (Å²) in [7, 11) is 0. The molecule has 3 N–H and O–H groups in total. The van der Waals surface area contributed by atoms with Crippen LogP contribution in [-0.4, -0.2) is 65.9 Å². The third kappa shape index (κ3) is 5.50. The fourth-order valence-corrected chi connectivity index (χ4v) is 7.75. The Hall–Kier alpha value is -3.29. The van der Waals surface area contributed by atoms with Gasteiger partial charge in [-0.05, 0) is 50.2 Å². The molecule has 2 aliphatic carbocycles. The minimum absolute atomic E-state index is 0.0685. The van der Waals surface area contributed by atoms with Crippen LogP contribution in [0.1, 0.15) is 69.4 Å². The van der Waals surface area contributed by atoms with Crippen LogP contribution in [0, 0.1) is 17.8 Å². The molecule has 3 heterocycles. The highest BCUT2D eigenvalue weighted by Gasteiger charge is 2.49. The lowest BCUT2D eigenvalue weighted by molar-refractivity contribution is -0.139. The van der Waals surface area contributed by atoms with Gasteiger partial charge >= 0.3 is 6.03 Å². The Morgan fingerprint density at radius 3 is 2.73 bits per heavy atom. The van der Waals surface area contributed by atoms with Gasteiger partial charge in [0.25, 0.3) is 0 Å². The summed E-state index contributed by atoms with van der Waals surface area (Å²) in [5, 5.41) is 9.97. The summed E-state index contributed by atoms with van der Waals surface area (Å²) >= 11 is 0. The maximum Gasteiger partial charge on any atom is 0.315 e. The van der Waals surface area contributed by atoms with E-state index in [1.165, 1.54) is 5.56 Å². The minimum Gasteiger partial charge on any atom is -0.381 e. The predicted molar refractivity (Wildman–Crippen MR) is 156 cm³/mol. The highest BCUT2D eigenvalue weighted by Crippen LogP contribution is 2.49. The Kier molecular flexibility index (Phi) is 8.12. The average Bonchev–Trinajstić information content (AvgIpc) is 3.62. The Labute approximate surface area is 237 Å². The topological polar surface area (TPSA) is 93.8 Å². The summed E-state index contributed by atoms with van der Waals surface area (Å²) in [5.41, 5.74) is 2.37. The van der Waals surface area contributed by atoms with Gasteiger partial charge in [-0.25, -0.2) is 4.79 Å². The number of likely N-dealkylation sites (tertiary alicyclic amines) is 2. The first kappa shape index (κ1) is 26.9. The van der Waals surface area contributed by atoms with Crippen LogP contribution < -0.4 is 16.0 Å². The number of carbonyl (C=O) groups is 3. The van der Waals surface area contributed by atoms with Crippen LogP contribution in [0.5, 0.6) is 0 Å². The van der Waals surface area contributed by atoms with E-state index >= 15 is 0 Å². The van der Waals surface area contributed by atoms with E-state index in [1.54, 1.807) is 0 Å². The number of allylic oxidation sites excluding steroid dienone is 3. The van der Waals surface area contributed by atoms with Crippen molar-refractivity contribution in [2.75, 3.05) is 31.5 Å². The third-order valence-electron chi connectivity index (χ3n) is 9.73. The molecule has 3 fully saturated rings. The number of urea groups is 1. The van der Waals surface area contributed by atoms with Gasteiger partial charge in [-0.15, -0.1) is 0 Å². The number of para-hydroxylation sites is 1. The highest BCUT2D eigenvalue weighted by molar-refractivity contribution is 5.83. The van der Waals surface area contributed by atoms with Crippen molar-refractivity contribution in [1.29, 1.82) is 0 Å². The lowest BCUT2D eigenvalue weighted by Gasteiger charge is -2.44. The first-order valence-corrected chi connectivity index (χ1v) is 15.4. The number of nitrogens with one attached hydrogen (secondary N) is 3. The zero-order valence-corrected chi connectivity index (χ0v) is 23.4. The van der Waals surface area contributed by atoms with Crippen molar-refractivity contribution in [3.8, 4) is 0 Å². The Morgan fingerprint density at radius 1 is 1.02 bits per heavy atom. The molecule has 6 atom stereocenters. The fourth-order valence-electron chi connectivity index (χ4n) is 7.75. The van der Waals surface area contributed by atoms with Gasteiger partial charge in [-0.2, -0.15) is 0 Å². The largest absolute Gasteiger partial charge is 0.381 e. The SMILES string of the molecule is O=C(NCCCN1CCCC1=O)N[C@@H]1CCCC[C@@H]1C(=O)N1CC[C@@H]2[C@H](C3C=CC=CC3)Nc3ccccc3[C@@H]21. The van der Waals surface area contributed by atoms with E-state index in [1.807, 2.05) is 4.90 Å². The molecule has 1 aromatic rings. The molecule has 0 radical (unpaired) electrons. The van der Waals surface area contributed by atoms with E-state index in [2.05, 4.69) is 69.4 Å². The van der Waals surface area contributed by atoms with Crippen LogP contribution in [-0.2, 0) is 9.59 Å². The molecule has 40 heavy (non-hydrogen) atoms. The van der Waals surface area contributed by atoms with Gasteiger partial charge in [0.05, 0.1) is 12.0 Å². The summed E-state index contributed by atoms with van der Waals surface area (Å²) < 4.78 is 0. The van der Waals surface area contributed by atoms with E-state index in [0.29, 0.717) is 37.4 Å². The zero-order valence-electron chi connectivity index (χ0n) is 23.4. The Balaban J connectivity index is 1.11. The van der Waals surface area contributed by atoms with Gasteiger partial charge in [0.2, 0.25) is 11.8 Å². The number of nitrogens with zero attached hydrogens (tertiary/aromatic N) is 2. The fraction of sp³-hybridized carbons (Fsp3) is 0.594. The average molecular weight is 546 g/mol. The summed E-state index contributed by atoms with van der Waals surface area (Å²) in [4.78, 5) is 42.9. The molecular formula is C32H43N5O3. The molecule has 1 saturated carbocycles. The second-order valence-corrected chi connectivity index (χ2v) is 12.1. The molecule has 6 rings (SSSR count). The van der Waals surface area contributed by atoms with Crippen molar-refractivity contribution in [3.05, 3.63) is 54.1 Å². The number of rotatable bonds is 7. The number of hydrogen-bond acceptors (Lipinski definition) is 4.